The summed E-state index contributed by atoms with van der Waals surface area (Å²) in [7, 11) is 0. The first-order chi connectivity index (χ1) is 8.58. The zero-order valence-corrected chi connectivity index (χ0v) is 11.5. The van der Waals surface area contributed by atoms with Crippen molar-refractivity contribution in [1.82, 2.24) is 0 Å². The Labute approximate surface area is 114 Å². The Morgan fingerprint density at radius 3 is 2.83 bits per heavy atom. The second-order valence-electron chi connectivity index (χ2n) is 4.64. The molecule has 1 saturated carbocycles. The first-order valence-electron chi connectivity index (χ1n) is 6.03. The molecule has 0 heterocycles. The van der Waals surface area contributed by atoms with E-state index in [1.807, 2.05) is 0 Å². The van der Waals surface area contributed by atoms with E-state index in [1.54, 1.807) is 12.1 Å². The number of halogens is 1. The molecule has 1 aromatic rings. The smallest absolute Gasteiger partial charge is 0.273 e. The highest BCUT2D eigenvalue weighted by molar-refractivity contribution is 9.10. The van der Waals surface area contributed by atoms with Crippen molar-refractivity contribution in [3.05, 3.63) is 38.3 Å². The van der Waals surface area contributed by atoms with Gasteiger partial charge in [-0.15, -0.1) is 0 Å². The lowest BCUT2D eigenvalue weighted by atomic mass is 9.83. The van der Waals surface area contributed by atoms with Crippen LogP contribution in [0.4, 0.5) is 5.69 Å². The molecule has 0 aromatic heterocycles. The highest BCUT2D eigenvalue weighted by Crippen LogP contribution is 2.30. The van der Waals surface area contributed by atoms with Crippen LogP contribution in [0.5, 0.6) is 0 Å². The SMILES string of the molecule is O=C1CCCCC1Cc1ccc(Br)cc1[N+](=O)[O-]. The summed E-state index contributed by atoms with van der Waals surface area (Å²) < 4.78 is 0.688. The number of benzene rings is 1. The minimum absolute atomic E-state index is 0.0429. The Kier molecular flexibility index (Phi) is 4.11. The fraction of sp³-hybridized carbons (Fsp3) is 0.462. The first-order valence-corrected chi connectivity index (χ1v) is 6.83. The second kappa shape index (κ2) is 5.61. The first kappa shape index (κ1) is 13.2. The van der Waals surface area contributed by atoms with Crippen molar-refractivity contribution in [3.8, 4) is 0 Å². The van der Waals surface area contributed by atoms with Gasteiger partial charge in [0.25, 0.3) is 5.69 Å². The van der Waals surface area contributed by atoms with Gasteiger partial charge in [-0.1, -0.05) is 28.4 Å². The number of hydrogen-bond acceptors (Lipinski definition) is 3. The number of nitro benzene ring substituents is 1. The topological polar surface area (TPSA) is 60.2 Å². The lowest BCUT2D eigenvalue weighted by Crippen LogP contribution is -2.21. The molecule has 1 unspecified atom stereocenters. The number of ketones is 1. The normalized spacial score (nSPS) is 19.8. The quantitative estimate of drug-likeness (QED) is 0.632. The molecule has 1 aliphatic carbocycles. The van der Waals surface area contributed by atoms with Gasteiger partial charge in [0.2, 0.25) is 0 Å². The third kappa shape index (κ3) is 2.96. The van der Waals surface area contributed by atoms with E-state index in [4.69, 9.17) is 0 Å². The Balaban J connectivity index is 2.22. The van der Waals surface area contributed by atoms with Crippen molar-refractivity contribution in [2.45, 2.75) is 32.1 Å². The van der Waals surface area contributed by atoms with E-state index in [-0.39, 0.29) is 22.3 Å². The summed E-state index contributed by atoms with van der Waals surface area (Å²) in [6.45, 7) is 0. The van der Waals surface area contributed by atoms with E-state index < -0.39 is 0 Å². The van der Waals surface area contributed by atoms with Gasteiger partial charge in [-0.3, -0.25) is 14.9 Å². The number of Topliss-reactive ketones (excluding diaryl/α,β-unsaturated/α-hetero) is 1. The average Bonchev–Trinajstić information content (AvgIpc) is 2.34. The summed E-state index contributed by atoms with van der Waals surface area (Å²) >= 11 is 3.23. The van der Waals surface area contributed by atoms with E-state index in [9.17, 15) is 14.9 Å². The summed E-state index contributed by atoms with van der Waals surface area (Å²) in [5.74, 6) is 0.206. The molecule has 0 saturated heterocycles. The van der Waals surface area contributed by atoms with Crippen molar-refractivity contribution in [3.63, 3.8) is 0 Å². The number of hydrogen-bond donors (Lipinski definition) is 0. The van der Waals surface area contributed by atoms with Crippen LogP contribution in [0.15, 0.2) is 22.7 Å². The third-order valence-corrected chi connectivity index (χ3v) is 3.88. The molecule has 2 rings (SSSR count). The van der Waals surface area contributed by atoms with Gasteiger partial charge in [0.1, 0.15) is 5.78 Å². The molecular formula is C13H14BrNO3. The van der Waals surface area contributed by atoms with E-state index in [1.165, 1.54) is 6.07 Å². The van der Waals surface area contributed by atoms with Gasteiger partial charge >= 0.3 is 0 Å². The summed E-state index contributed by atoms with van der Waals surface area (Å²) in [5.41, 5.74) is 0.756. The van der Waals surface area contributed by atoms with Crippen LogP contribution in [0.2, 0.25) is 0 Å². The molecule has 18 heavy (non-hydrogen) atoms. The van der Waals surface area contributed by atoms with Gasteiger partial charge < -0.3 is 0 Å². The van der Waals surface area contributed by atoms with Crippen LogP contribution in [0.25, 0.3) is 0 Å². The van der Waals surface area contributed by atoms with Gasteiger partial charge in [0, 0.05) is 28.4 Å². The molecule has 0 amide bonds. The molecule has 0 bridgehead atoms. The largest absolute Gasteiger partial charge is 0.299 e. The van der Waals surface area contributed by atoms with Gasteiger partial charge in [0.05, 0.1) is 4.92 Å². The monoisotopic (exact) mass is 311 g/mol. The molecule has 96 valence electrons. The number of carbonyl (C=O) groups excluding carboxylic acids is 1. The van der Waals surface area contributed by atoms with E-state index in [2.05, 4.69) is 15.9 Å². The molecule has 0 N–H and O–H groups in total. The van der Waals surface area contributed by atoms with Gasteiger partial charge in [-0.2, -0.15) is 0 Å². The van der Waals surface area contributed by atoms with Gasteiger partial charge in [-0.25, -0.2) is 0 Å². The molecule has 1 aromatic carbocycles. The zero-order valence-electron chi connectivity index (χ0n) is 9.89. The lowest BCUT2D eigenvalue weighted by Gasteiger charge is -2.20. The third-order valence-electron chi connectivity index (χ3n) is 3.39. The highest BCUT2D eigenvalue weighted by Gasteiger charge is 2.25. The molecule has 4 nitrogen and oxygen atoms in total. The number of nitrogens with zero attached hydrogens (tertiary/aromatic N) is 1. The highest BCUT2D eigenvalue weighted by atomic mass is 79.9. The average molecular weight is 312 g/mol. The predicted octanol–water partition coefficient (Wildman–Crippen LogP) is 3.66. The van der Waals surface area contributed by atoms with Crippen molar-refractivity contribution >= 4 is 27.4 Å². The van der Waals surface area contributed by atoms with E-state index >= 15 is 0 Å². The zero-order chi connectivity index (χ0) is 13.1. The maximum Gasteiger partial charge on any atom is 0.273 e. The van der Waals surface area contributed by atoms with Gasteiger partial charge in [0.15, 0.2) is 0 Å². The molecule has 0 aliphatic heterocycles. The molecule has 1 aliphatic rings. The Morgan fingerprint density at radius 2 is 2.17 bits per heavy atom. The fourth-order valence-corrected chi connectivity index (χ4v) is 2.77. The van der Waals surface area contributed by atoms with E-state index in [0.29, 0.717) is 22.9 Å². The number of nitro groups is 1. The van der Waals surface area contributed by atoms with Crippen molar-refractivity contribution in [2.75, 3.05) is 0 Å². The van der Waals surface area contributed by atoms with Crippen LogP contribution in [-0.2, 0) is 11.2 Å². The standard InChI is InChI=1S/C13H14BrNO3/c14-11-6-5-9(12(8-11)15(17)18)7-10-3-1-2-4-13(10)16/h5-6,8,10H,1-4,7H2. The predicted molar refractivity (Wildman–Crippen MR) is 71.5 cm³/mol. The van der Waals surface area contributed by atoms with Crippen molar-refractivity contribution < 1.29 is 9.72 Å². The Morgan fingerprint density at radius 1 is 1.39 bits per heavy atom. The van der Waals surface area contributed by atoms with Crippen LogP contribution in [0.1, 0.15) is 31.2 Å². The summed E-state index contributed by atoms with van der Waals surface area (Å²) in [5, 5.41) is 11.0. The second-order valence-corrected chi connectivity index (χ2v) is 5.56. The Bertz CT molecular complexity index is 487. The van der Waals surface area contributed by atoms with Gasteiger partial charge in [-0.05, 0) is 25.3 Å². The van der Waals surface area contributed by atoms with Crippen LogP contribution >= 0.6 is 15.9 Å². The Hall–Kier alpha value is -1.23. The molecular weight excluding hydrogens is 298 g/mol. The van der Waals surface area contributed by atoms with Crippen molar-refractivity contribution in [2.24, 2.45) is 5.92 Å². The van der Waals surface area contributed by atoms with Crippen LogP contribution in [-0.4, -0.2) is 10.7 Å². The summed E-state index contributed by atoms with van der Waals surface area (Å²) in [6, 6.07) is 5.03. The summed E-state index contributed by atoms with van der Waals surface area (Å²) in [6.07, 6.45) is 3.96. The van der Waals surface area contributed by atoms with Crippen LogP contribution < -0.4 is 0 Å². The van der Waals surface area contributed by atoms with E-state index in [0.717, 1.165) is 19.3 Å². The minimum Gasteiger partial charge on any atom is -0.299 e. The molecule has 1 atom stereocenters. The maximum atomic E-state index is 11.8. The van der Waals surface area contributed by atoms with Crippen LogP contribution in [0.3, 0.4) is 0 Å². The maximum absolute atomic E-state index is 11.8. The number of carbonyl (C=O) groups is 1. The van der Waals surface area contributed by atoms with Crippen molar-refractivity contribution in [1.29, 1.82) is 0 Å². The molecule has 5 heteroatoms. The fourth-order valence-electron chi connectivity index (χ4n) is 2.42. The number of rotatable bonds is 3. The molecule has 0 radical (unpaired) electrons. The summed E-state index contributed by atoms with van der Waals surface area (Å²) in [4.78, 5) is 22.4. The molecule has 0 spiro atoms. The lowest BCUT2D eigenvalue weighted by molar-refractivity contribution is -0.385. The molecule has 1 fully saturated rings. The minimum atomic E-state index is -0.382. The van der Waals surface area contributed by atoms with Crippen LogP contribution in [0, 0.1) is 16.0 Å².